The summed E-state index contributed by atoms with van der Waals surface area (Å²) in [5, 5.41) is 0. The summed E-state index contributed by atoms with van der Waals surface area (Å²) < 4.78 is 7.41. The summed E-state index contributed by atoms with van der Waals surface area (Å²) >= 11 is 0. The van der Waals surface area contributed by atoms with Crippen LogP contribution in [-0.2, 0) is 11.3 Å². The van der Waals surface area contributed by atoms with Crippen molar-refractivity contribution in [3.05, 3.63) is 42.4 Å². The van der Waals surface area contributed by atoms with Crippen LogP contribution in [-0.4, -0.2) is 51.4 Å². The third-order valence-corrected chi connectivity index (χ3v) is 6.89. The Morgan fingerprint density at radius 2 is 2.21 bits per heavy atom. The van der Waals surface area contributed by atoms with Crippen molar-refractivity contribution in [2.45, 2.75) is 51.6 Å². The van der Waals surface area contributed by atoms with Crippen LogP contribution in [0.15, 0.2) is 35.5 Å². The number of aromatic nitrogens is 2. The van der Waals surface area contributed by atoms with Crippen molar-refractivity contribution in [3.63, 3.8) is 0 Å². The monoisotopic (exact) mass is 382 g/mol. The molecule has 3 fully saturated rings. The molecule has 6 heteroatoms. The number of carbonyl (C=O) groups is 1. The van der Waals surface area contributed by atoms with Crippen LogP contribution < -0.4 is 0 Å². The Balaban J connectivity index is 1.43. The molecule has 1 aliphatic carbocycles. The van der Waals surface area contributed by atoms with Gasteiger partial charge in [0.1, 0.15) is 0 Å². The Morgan fingerprint density at radius 1 is 1.36 bits per heavy atom. The molecular weight excluding hydrogens is 352 g/mol. The Kier molecular flexibility index (Phi) is 4.34. The maximum Gasteiger partial charge on any atom is 0.230 e. The Hall–Kier alpha value is -2.08. The van der Waals surface area contributed by atoms with Crippen molar-refractivity contribution >= 4 is 5.91 Å². The number of imidazole rings is 1. The highest BCUT2D eigenvalue weighted by Gasteiger charge is 2.58. The smallest absolute Gasteiger partial charge is 0.230 e. The van der Waals surface area contributed by atoms with E-state index in [2.05, 4.69) is 34.4 Å². The number of hydrogen-bond acceptors (Lipinski definition) is 4. The van der Waals surface area contributed by atoms with Crippen LogP contribution in [0, 0.1) is 11.3 Å². The Labute approximate surface area is 166 Å². The van der Waals surface area contributed by atoms with E-state index >= 15 is 0 Å². The zero-order valence-corrected chi connectivity index (χ0v) is 16.9. The van der Waals surface area contributed by atoms with Crippen molar-refractivity contribution in [1.29, 1.82) is 0 Å². The van der Waals surface area contributed by atoms with Crippen molar-refractivity contribution in [2.24, 2.45) is 11.3 Å². The average Bonchev–Trinajstić information content (AvgIpc) is 3.09. The van der Waals surface area contributed by atoms with Gasteiger partial charge in [0.25, 0.3) is 0 Å². The molecular formula is C22H30N4O2. The van der Waals surface area contributed by atoms with Gasteiger partial charge in [-0.3, -0.25) is 9.69 Å². The van der Waals surface area contributed by atoms with E-state index in [4.69, 9.17) is 9.40 Å². The lowest BCUT2D eigenvalue weighted by Gasteiger charge is -2.28. The van der Waals surface area contributed by atoms with E-state index in [0.717, 1.165) is 50.8 Å². The van der Waals surface area contributed by atoms with E-state index in [1.807, 2.05) is 18.7 Å². The van der Waals surface area contributed by atoms with E-state index < -0.39 is 0 Å². The summed E-state index contributed by atoms with van der Waals surface area (Å²) in [5.41, 5.74) is 1.92. The first-order valence-electron chi connectivity index (χ1n) is 10.6. The molecule has 2 atom stereocenters. The first kappa shape index (κ1) is 18.0. The summed E-state index contributed by atoms with van der Waals surface area (Å²) in [6.07, 6.45) is 11.1. The van der Waals surface area contributed by atoms with Gasteiger partial charge in [0.2, 0.25) is 5.91 Å². The van der Waals surface area contributed by atoms with Gasteiger partial charge in [0.05, 0.1) is 30.0 Å². The van der Waals surface area contributed by atoms with Crippen molar-refractivity contribution in [2.75, 3.05) is 26.2 Å². The number of hydrogen-bond donors (Lipinski definition) is 0. The normalized spacial score (nSPS) is 28.3. The predicted molar refractivity (Wildman–Crippen MR) is 106 cm³/mol. The van der Waals surface area contributed by atoms with Crippen molar-refractivity contribution < 1.29 is 9.21 Å². The van der Waals surface area contributed by atoms with E-state index in [-0.39, 0.29) is 11.3 Å². The third-order valence-electron chi connectivity index (χ3n) is 6.89. The van der Waals surface area contributed by atoms with E-state index in [1.165, 1.54) is 18.4 Å². The molecule has 2 aromatic rings. The molecule has 4 heterocycles. The molecule has 1 spiro atoms. The summed E-state index contributed by atoms with van der Waals surface area (Å²) in [6, 6.07) is 2.40. The number of rotatable bonds is 6. The highest BCUT2D eigenvalue weighted by atomic mass is 16.3. The van der Waals surface area contributed by atoms with Gasteiger partial charge >= 0.3 is 0 Å². The summed E-state index contributed by atoms with van der Waals surface area (Å²) in [6.45, 7) is 8.71. The number of amides is 1. The van der Waals surface area contributed by atoms with Crippen molar-refractivity contribution in [3.8, 4) is 0 Å². The fraction of sp³-hybridized carbons (Fsp3) is 0.636. The van der Waals surface area contributed by atoms with Gasteiger partial charge in [-0.1, -0.05) is 0 Å². The molecule has 150 valence electrons. The van der Waals surface area contributed by atoms with Gasteiger partial charge in [-0.25, -0.2) is 4.98 Å². The lowest BCUT2D eigenvalue weighted by Crippen LogP contribution is -2.40. The number of furan rings is 1. The lowest BCUT2D eigenvalue weighted by molar-refractivity contribution is -0.136. The largest absolute Gasteiger partial charge is 0.472 e. The van der Waals surface area contributed by atoms with Crippen LogP contribution >= 0.6 is 0 Å². The maximum atomic E-state index is 13.6. The second-order valence-electron chi connectivity index (χ2n) is 9.29. The Morgan fingerprint density at radius 3 is 2.89 bits per heavy atom. The number of likely N-dealkylation sites (tertiary alicyclic amines) is 2. The molecule has 3 aliphatic rings. The fourth-order valence-corrected chi connectivity index (χ4v) is 5.07. The number of carbonyl (C=O) groups excluding carboxylic acids is 1. The van der Waals surface area contributed by atoms with Gasteiger partial charge in [-0.2, -0.15) is 0 Å². The van der Waals surface area contributed by atoms with Crippen LogP contribution in [0.4, 0.5) is 0 Å². The second-order valence-corrected chi connectivity index (χ2v) is 9.29. The molecule has 6 nitrogen and oxygen atoms in total. The SMILES string of the molecule is CC(C)n1cnc(C2CN(Cc3ccoc3)CC23CCN(CC2CC2)C3=O)c1. The molecule has 0 aromatic carbocycles. The molecule has 5 rings (SSSR count). The molecule has 0 bridgehead atoms. The van der Waals surface area contributed by atoms with Crippen molar-refractivity contribution in [1.82, 2.24) is 19.4 Å². The molecule has 2 aromatic heterocycles. The quantitative estimate of drug-likeness (QED) is 0.769. The molecule has 2 aliphatic heterocycles. The molecule has 0 radical (unpaired) electrons. The maximum absolute atomic E-state index is 13.6. The predicted octanol–water partition coefficient (Wildman–Crippen LogP) is 3.29. The van der Waals surface area contributed by atoms with E-state index in [1.54, 1.807) is 6.26 Å². The van der Waals surface area contributed by atoms with Gasteiger partial charge in [-0.05, 0) is 45.1 Å². The van der Waals surface area contributed by atoms with Gasteiger partial charge in [-0.15, -0.1) is 0 Å². The molecule has 1 amide bonds. The molecule has 0 N–H and O–H groups in total. The standard InChI is InChI=1S/C22H30N4O2/c1-16(2)26-12-20(23-15-26)19-11-24(9-18-5-8-28-13-18)14-22(19)6-7-25(21(22)27)10-17-3-4-17/h5,8,12-13,15-17,19H,3-4,6-7,9-11,14H2,1-2H3. The van der Waals surface area contributed by atoms with E-state index in [9.17, 15) is 4.79 Å². The van der Waals surface area contributed by atoms with Gasteiger partial charge in [0.15, 0.2) is 0 Å². The first-order valence-corrected chi connectivity index (χ1v) is 10.6. The zero-order chi connectivity index (χ0) is 19.3. The fourth-order valence-electron chi connectivity index (χ4n) is 5.07. The molecule has 1 saturated carbocycles. The zero-order valence-electron chi connectivity index (χ0n) is 16.9. The lowest BCUT2D eigenvalue weighted by atomic mass is 9.75. The van der Waals surface area contributed by atoms with E-state index in [0.29, 0.717) is 11.9 Å². The highest BCUT2D eigenvalue weighted by molar-refractivity contribution is 5.86. The van der Waals surface area contributed by atoms with Gasteiger partial charge < -0.3 is 13.9 Å². The first-order chi connectivity index (χ1) is 13.5. The minimum atomic E-state index is -0.325. The second kappa shape index (κ2) is 6.76. The molecule has 2 saturated heterocycles. The minimum Gasteiger partial charge on any atom is -0.472 e. The highest BCUT2D eigenvalue weighted by Crippen LogP contribution is 2.50. The van der Waals surface area contributed by atoms with Crippen LogP contribution in [0.1, 0.15) is 56.3 Å². The topological polar surface area (TPSA) is 54.5 Å². The van der Waals surface area contributed by atoms with Crippen LogP contribution in [0.5, 0.6) is 0 Å². The number of nitrogens with zero attached hydrogens (tertiary/aromatic N) is 4. The third kappa shape index (κ3) is 3.08. The summed E-state index contributed by atoms with van der Waals surface area (Å²) in [4.78, 5) is 22.9. The molecule has 28 heavy (non-hydrogen) atoms. The summed E-state index contributed by atoms with van der Waals surface area (Å²) in [7, 11) is 0. The van der Waals surface area contributed by atoms with Crippen LogP contribution in [0.25, 0.3) is 0 Å². The average molecular weight is 383 g/mol. The van der Waals surface area contributed by atoms with Crippen LogP contribution in [0.3, 0.4) is 0 Å². The summed E-state index contributed by atoms with van der Waals surface area (Å²) in [5.74, 6) is 1.26. The Bertz CT molecular complexity index is 839. The minimum absolute atomic E-state index is 0.163. The van der Waals surface area contributed by atoms with Crippen LogP contribution in [0.2, 0.25) is 0 Å². The molecule has 2 unspecified atom stereocenters. The van der Waals surface area contributed by atoms with Gasteiger partial charge in [0, 0.05) is 56.4 Å².